The number of benzene rings is 1. The fourth-order valence-electron chi connectivity index (χ4n) is 1.01. The van der Waals surface area contributed by atoms with Gasteiger partial charge in [-0.1, -0.05) is 28.1 Å². The van der Waals surface area contributed by atoms with E-state index in [1.807, 2.05) is 12.1 Å². The normalized spacial score (nSPS) is 11.0. The molecule has 0 atom stereocenters. The number of carbonyl (C=O) groups is 1. The van der Waals surface area contributed by atoms with Gasteiger partial charge in [0.15, 0.2) is 0 Å². The molecule has 0 fully saturated rings. The first kappa shape index (κ1) is 13.0. The van der Waals surface area contributed by atoms with E-state index in [-0.39, 0.29) is 0 Å². The first-order valence-corrected chi connectivity index (χ1v) is 6.08. The van der Waals surface area contributed by atoms with E-state index in [1.165, 1.54) is 0 Å². The second kappa shape index (κ2) is 5.34. The van der Waals surface area contributed by atoms with Crippen LogP contribution in [0.3, 0.4) is 0 Å². The number of hydrogen-bond donors (Lipinski definition) is 0. The summed E-state index contributed by atoms with van der Waals surface area (Å²) in [6.45, 7) is 5.38. The van der Waals surface area contributed by atoms with Crippen molar-refractivity contribution < 1.29 is 14.3 Å². The number of hydrogen-bond acceptors (Lipinski definition) is 3. The monoisotopic (exact) mass is 286 g/mol. The van der Waals surface area contributed by atoms with Crippen molar-refractivity contribution in [3.8, 4) is 5.75 Å². The molecule has 88 valence electrons. The summed E-state index contributed by atoms with van der Waals surface area (Å²) in [5.41, 5.74) is 0.587. The van der Waals surface area contributed by atoms with Gasteiger partial charge in [-0.05, 0) is 38.5 Å². The second-order valence-corrected chi connectivity index (χ2v) is 4.90. The van der Waals surface area contributed by atoms with E-state index in [0.717, 1.165) is 10.9 Å². The fourth-order valence-corrected chi connectivity index (χ4v) is 1.39. The molecule has 0 heterocycles. The van der Waals surface area contributed by atoms with Gasteiger partial charge in [-0.3, -0.25) is 0 Å². The van der Waals surface area contributed by atoms with Gasteiger partial charge in [0.1, 0.15) is 11.4 Å². The van der Waals surface area contributed by atoms with Crippen molar-refractivity contribution in [3.05, 3.63) is 29.8 Å². The molecule has 0 saturated carbocycles. The van der Waals surface area contributed by atoms with Gasteiger partial charge < -0.3 is 9.47 Å². The van der Waals surface area contributed by atoms with E-state index in [2.05, 4.69) is 15.9 Å². The van der Waals surface area contributed by atoms with Crippen molar-refractivity contribution >= 4 is 22.1 Å². The van der Waals surface area contributed by atoms with Crippen LogP contribution in [-0.4, -0.2) is 11.8 Å². The van der Waals surface area contributed by atoms with Crippen molar-refractivity contribution in [2.24, 2.45) is 0 Å². The maximum atomic E-state index is 11.3. The maximum Gasteiger partial charge on any atom is 0.514 e. The largest absolute Gasteiger partial charge is 0.514 e. The van der Waals surface area contributed by atoms with E-state index in [9.17, 15) is 4.79 Å². The quantitative estimate of drug-likeness (QED) is 0.470. The second-order valence-electron chi connectivity index (χ2n) is 4.34. The third-order valence-corrected chi connectivity index (χ3v) is 2.32. The van der Waals surface area contributed by atoms with Crippen LogP contribution >= 0.6 is 15.9 Å². The van der Waals surface area contributed by atoms with Crippen molar-refractivity contribution in [2.75, 3.05) is 0 Å². The van der Waals surface area contributed by atoms with E-state index >= 15 is 0 Å². The summed E-state index contributed by atoms with van der Waals surface area (Å²) >= 11 is 3.34. The van der Waals surface area contributed by atoms with Gasteiger partial charge in [0, 0.05) is 5.33 Å². The van der Waals surface area contributed by atoms with Crippen LogP contribution in [0, 0.1) is 0 Å². The third-order valence-electron chi connectivity index (χ3n) is 1.67. The zero-order chi connectivity index (χ0) is 12.2. The lowest BCUT2D eigenvalue weighted by atomic mass is 10.2. The minimum atomic E-state index is -0.681. The predicted molar refractivity (Wildman–Crippen MR) is 65.9 cm³/mol. The maximum absolute atomic E-state index is 11.3. The highest BCUT2D eigenvalue weighted by atomic mass is 79.9. The van der Waals surface area contributed by atoms with E-state index < -0.39 is 11.8 Å². The highest BCUT2D eigenvalue weighted by molar-refractivity contribution is 9.08. The van der Waals surface area contributed by atoms with Crippen LogP contribution < -0.4 is 4.74 Å². The lowest BCUT2D eigenvalue weighted by Gasteiger charge is -2.18. The summed E-state index contributed by atoms with van der Waals surface area (Å²) in [5, 5.41) is 0.777. The standard InChI is InChI=1S/C12H15BrO3/c1-12(2,3)16-11(14)15-10-6-4-9(8-13)5-7-10/h4-7H,8H2,1-3H3. The zero-order valence-corrected chi connectivity index (χ0v) is 11.2. The van der Waals surface area contributed by atoms with Crippen molar-refractivity contribution in [2.45, 2.75) is 31.7 Å². The number of alkyl halides is 1. The first-order valence-electron chi connectivity index (χ1n) is 4.96. The highest BCUT2D eigenvalue weighted by Crippen LogP contribution is 2.16. The summed E-state index contributed by atoms with van der Waals surface area (Å²) < 4.78 is 10.0. The molecular formula is C12H15BrO3. The zero-order valence-electron chi connectivity index (χ0n) is 9.62. The molecule has 0 spiro atoms. The van der Waals surface area contributed by atoms with Gasteiger partial charge >= 0.3 is 6.16 Å². The molecule has 0 bridgehead atoms. The van der Waals surface area contributed by atoms with Gasteiger partial charge in [0.2, 0.25) is 0 Å². The predicted octanol–water partition coefficient (Wildman–Crippen LogP) is 3.90. The topological polar surface area (TPSA) is 35.5 Å². The summed E-state index contributed by atoms with van der Waals surface area (Å²) in [6, 6.07) is 7.24. The Bertz CT molecular complexity index is 352. The van der Waals surface area contributed by atoms with Crippen LogP contribution in [0.5, 0.6) is 5.75 Å². The average Bonchev–Trinajstić information content (AvgIpc) is 2.16. The Labute approximate surface area is 104 Å². The van der Waals surface area contributed by atoms with Crippen LogP contribution in [0.2, 0.25) is 0 Å². The summed E-state index contributed by atoms with van der Waals surface area (Å²) in [7, 11) is 0. The first-order chi connectivity index (χ1) is 7.40. The fraction of sp³-hybridized carbons (Fsp3) is 0.417. The summed E-state index contributed by atoms with van der Waals surface area (Å²) in [5.74, 6) is 0.485. The van der Waals surface area contributed by atoms with Gasteiger partial charge in [0.25, 0.3) is 0 Å². The van der Waals surface area contributed by atoms with E-state index in [0.29, 0.717) is 5.75 Å². The van der Waals surface area contributed by atoms with Gasteiger partial charge in [0.05, 0.1) is 0 Å². The van der Waals surface area contributed by atoms with Gasteiger partial charge in [-0.15, -0.1) is 0 Å². The molecule has 0 unspecified atom stereocenters. The van der Waals surface area contributed by atoms with Crippen LogP contribution in [0.4, 0.5) is 4.79 Å². The molecule has 1 rings (SSSR count). The number of rotatable bonds is 2. The molecule has 0 aromatic heterocycles. The highest BCUT2D eigenvalue weighted by Gasteiger charge is 2.17. The van der Waals surface area contributed by atoms with Gasteiger partial charge in [-0.2, -0.15) is 0 Å². The molecule has 0 N–H and O–H groups in total. The molecule has 0 radical (unpaired) electrons. The lowest BCUT2D eigenvalue weighted by molar-refractivity contribution is 0.0206. The molecule has 1 aromatic rings. The molecule has 0 aliphatic heterocycles. The molecule has 0 saturated heterocycles. The SMILES string of the molecule is CC(C)(C)OC(=O)Oc1ccc(CBr)cc1. The Kier molecular flexibility index (Phi) is 4.35. The van der Waals surface area contributed by atoms with Crippen LogP contribution in [0.1, 0.15) is 26.3 Å². The number of ether oxygens (including phenoxy) is 2. The average molecular weight is 287 g/mol. The van der Waals surface area contributed by atoms with Crippen LogP contribution in [0.25, 0.3) is 0 Å². The third kappa shape index (κ3) is 4.66. The minimum absolute atomic E-state index is 0.485. The molecular weight excluding hydrogens is 272 g/mol. The Hall–Kier alpha value is -1.03. The van der Waals surface area contributed by atoms with Crippen molar-refractivity contribution in [1.29, 1.82) is 0 Å². The Balaban J connectivity index is 2.56. The van der Waals surface area contributed by atoms with Crippen LogP contribution in [0.15, 0.2) is 24.3 Å². The molecule has 4 heteroatoms. The van der Waals surface area contributed by atoms with Crippen molar-refractivity contribution in [3.63, 3.8) is 0 Å². The molecule has 0 aliphatic carbocycles. The Morgan fingerprint density at radius 3 is 2.25 bits per heavy atom. The Morgan fingerprint density at radius 1 is 1.25 bits per heavy atom. The summed E-state index contributed by atoms with van der Waals surface area (Å²) in [6.07, 6.45) is -0.681. The van der Waals surface area contributed by atoms with Crippen molar-refractivity contribution in [1.82, 2.24) is 0 Å². The van der Waals surface area contributed by atoms with E-state index in [4.69, 9.17) is 9.47 Å². The minimum Gasteiger partial charge on any atom is -0.428 e. The molecule has 0 amide bonds. The number of carbonyl (C=O) groups excluding carboxylic acids is 1. The molecule has 1 aromatic carbocycles. The smallest absolute Gasteiger partial charge is 0.428 e. The number of halogens is 1. The van der Waals surface area contributed by atoms with Crippen LogP contribution in [-0.2, 0) is 10.1 Å². The Morgan fingerprint density at radius 2 is 1.81 bits per heavy atom. The molecule has 16 heavy (non-hydrogen) atoms. The lowest BCUT2D eigenvalue weighted by Crippen LogP contribution is -2.25. The van der Waals surface area contributed by atoms with E-state index in [1.54, 1.807) is 32.9 Å². The summed E-state index contributed by atoms with van der Waals surface area (Å²) in [4.78, 5) is 11.3. The molecule has 0 aliphatic rings. The molecule has 3 nitrogen and oxygen atoms in total. The van der Waals surface area contributed by atoms with Gasteiger partial charge in [-0.25, -0.2) is 4.79 Å².